The third-order valence-corrected chi connectivity index (χ3v) is 2.27. The zero-order chi connectivity index (χ0) is 12.1. The topological polar surface area (TPSA) is 21.7 Å². The lowest BCUT2D eigenvalue weighted by Gasteiger charge is -2.21. The van der Waals surface area contributed by atoms with Gasteiger partial charge in [0, 0.05) is 26.3 Å². The van der Waals surface area contributed by atoms with E-state index in [0.717, 1.165) is 65.3 Å². The van der Waals surface area contributed by atoms with Crippen LogP contribution < -0.4 is 0 Å². The van der Waals surface area contributed by atoms with Gasteiger partial charge in [0.25, 0.3) is 0 Å². The van der Waals surface area contributed by atoms with Gasteiger partial charge < -0.3 is 9.47 Å². The van der Waals surface area contributed by atoms with Crippen LogP contribution in [0.4, 0.5) is 0 Å². The van der Waals surface area contributed by atoms with E-state index in [4.69, 9.17) is 9.47 Å². The highest BCUT2D eigenvalue weighted by Crippen LogP contribution is 1.93. The van der Waals surface area contributed by atoms with Crippen LogP contribution in [0, 0.1) is 6.92 Å². The molecule has 0 rings (SSSR count). The lowest BCUT2D eigenvalue weighted by Crippen LogP contribution is -2.32. The predicted molar refractivity (Wildman–Crippen MR) is 68.6 cm³/mol. The van der Waals surface area contributed by atoms with Crippen LogP contribution in [0.2, 0.25) is 0 Å². The number of rotatable bonds is 12. The Bertz CT molecular complexity index is 119. The van der Waals surface area contributed by atoms with E-state index in [2.05, 4.69) is 25.7 Å². The third-order valence-electron chi connectivity index (χ3n) is 2.27. The average Bonchev–Trinajstić information content (AvgIpc) is 2.30. The summed E-state index contributed by atoms with van der Waals surface area (Å²) in [5, 5.41) is 0. The number of hydrogen-bond donors (Lipinski definition) is 0. The molecule has 0 heterocycles. The fraction of sp³-hybridized carbons (Fsp3) is 0.923. The highest BCUT2D eigenvalue weighted by molar-refractivity contribution is 4.58. The van der Waals surface area contributed by atoms with Crippen molar-refractivity contribution in [2.45, 2.75) is 33.1 Å². The molecule has 0 aliphatic heterocycles. The SMILES string of the molecule is [CH2]CCN(CCOCCC)CCOCCC. The molecule has 1 radical (unpaired) electrons. The van der Waals surface area contributed by atoms with Crippen LogP contribution in [0.5, 0.6) is 0 Å². The van der Waals surface area contributed by atoms with Crippen LogP contribution in [0.25, 0.3) is 0 Å². The first kappa shape index (κ1) is 15.9. The second-order valence-electron chi connectivity index (χ2n) is 3.92. The van der Waals surface area contributed by atoms with Crippen molar-refractivity contribution in [3.8, 4) is 0 Å². The molecular weight excluding hydrogens is 202 g/mol. The van der Waals surface area contributed by atoms with Crippen LogP contribution in [0.1, 0.15) is 33.1 Å². The molecule has 0 aliphatic carbocycles. The smallest absolute Gasteiger partial charge is 0.0593 e. The molecule has 3 nitrogen and oxygen atoms in total. The molecule has 0 aromatic rings. The fourth-order valence-electron chi connectivity index (χ4n) is 1.44. The summed E-state index contributed by atoms with van der Waals surface area (Å²) in [7, 11) is 0. The van der Waals surface area contributed by atoms with Gasteiger partial charge in [-0.2, -0.15) is 0 Å². The van der Waals surface area contributed by atoms with E-state index in [-0.39, 0.29) is 0 Å². The summed E-state index contributed by atoms with van der Waals surface area (Å²) in [6.07, 6.45) is 3.13. The van der Waals surface area contributed by atoms with Crippen molar-refractivity contribution in [2.75, 3.05) is 46.1 Å². The van der Waals surface area contributed by atoms with Crippen molar-refractivity contribution in [3.05, 3.63) is 6.92 Å². The largest absolute Gasteiger partial charge is 0.380 e. The van der Waals surface area contributed by atoms with E-state index in [0.29, 0.717) is 0 Å². The Hall–Kier alpha value is -0.120. The van der Waals surface area contributed by atoms with Crippen molar-refractivity contribution in [1.29, 1.82) is 0 Å². The standard InChI is InChI=1S/C13H28NO2/c1-4-7-14(8-12-15-10-5-2)9-13-16-11-6-3/h1,4-13H2,2-3H3. The summed E-state index contributed by atoms with van der Waals surface area (Å²) < 4.78 is 11.0. The Balaban J connectivity index is 3.45. The molecule has 0 amide bonds. The zero-order valence-corrected chi connectivity index (χ0v) is 11.0. The molecule has 0 bridgehead atoms. The van der Waals surface area contributed by atoms with Crippen molar-refractivity contribution >= 4 is 0 Å². The Labute approximate surface area is 101 Å². The van der Waals surface area contributed by atoms with Gasteiger partial charge >= 0.3 is 0 Å². The Kier molecular flexibility index (Phi) is 12.9. The van der Waals surface area contributed by atoms with E-state index in [1.54, 1.807) is 0 Å². The maximum atomic E-state index is 5.48. The second-order valence-corrected chi connectivity index (χ2v) is 3.92. The molecule has 0 fully saturated rings. The third kappa shape index (κ3) is 10.4. The van der Waals surface area contributed by atoms with E-state index in [1.165, 1.54) is 0 Å². The molecule has 0 aromatic heterocycles. The lowest BCUT2D eigenvalue weighted by atomic mass is 10.4. The minimum absolute atomic E-state index is 0.821. The first-order valence-corrected chi connectivity index (χ1v) is 6.52. The fourth-order valence-corrected chi connectivity index (χ4v) is 1.44. The first-order chi connectivity index (χ1) is 7.85. The van der Waals surface area contributed by atoms with Gasteiger partial charge in [-0.25, -0.2) is 0 Å². The molecule has 3 heteroatoms. The maximum absolute atomic E-state index is 5.48. The molecule has 0 aliphatic rings. The molecule has 16 heavy (non-hydrogen) atoms. The molecule has 0 aromatic carbocycles. The Morgan fingerprint density at radius 2 is 1.31 bits per heavy atom. The van der Waals surface area contributed by atoms with E-state index in [1.807, 2.05) is 0 Å². The molecular formula is C13H28NO2. The molecule has 0 spiro atoms. The van der Waals surface area contributed by atoms with E-state index >= 15 is 0 Å². The van der Waals surface area contributed by atoms with Gasteiger partial charge in [0.05, 0.1) is 13.2 Å². The van der Waals surface area contributed by atoms with Gasteiger partial charge in [-0.1, -0.05) is 20.8 Å². The monoisotopic (exact) mass is 230 g/mol. The van der Waals surface area contributed by atoms with Crippen molar-refractivity contribution in [1.82, 2.24) is 4.90 Å². The van der Waals surface area contributed by atoms with Gasteiger partial charge in [0.15, 0.2) is 0 Å². The van der Waals surface area contributed by atoms with Gasteiger partial charge in [0.1, 0.15) is 0 Å². The van der Waals surface area contributed by atoms with Gasteiger partial charge in [-0.05, 0) is 25.8 Å². The highest BCUT2D eigenvalue weighted by Gasteiger charge is 2.03. The first-order valence-electron chi connectivity index (χ1n) is 6.52. The van der Waals surface area contributed by atoms with Gasteiger partial charge in [-0.3, -0.25) is 4.90 Å². The summed E-state index contributed by atoms with van der Waals surface area (Å²) in [6, 6.07) is 0. The van der Waals surface area contributed by atoms with Crippen LogP contribution in [-0.4, -0.2) is 51.0 Å². The maximum Gasteiger partial charge on any atom is 0.0593 e. The summed E-state index contributed by atoms with van der Waals surface area (Å²) in [4.78, 5) is 2.36. The molecule has 0 atom stereocenters. The minimum atomic E-state index is 0.821. The average molecular weight is 230 g/mol. The van der Waals surface area contributed by atoms with Crippen LogP contribution in [-0.2, 0) is 9.47 Å². The van der Waals surface area contributed by atoms with Gasteiger partial charge in [0.2, 0.25) is 0 Å². The summed E-state index contributed by atoms with van der Waals surface area (Å²) in [5.41, 5.74) is 0. The molecule has 0 saturated carbocycles. The second kappa shape index (κ2) is 12.9. The highest BCUT2D eigenvalue weighted by atomic mass is 16.5. The van der Waals surface area contributed by atoms with Crippen molar-refractivity contribution < 1.29 is 9.47 Å². The Morgan fingerprint density at radius 1 is 0.812 bits per heavy atom. The summed E-state index contributed by atoms with van der Waals surface area (Å²) >= 11 is 0. The normalized spacial score (nSPS) is 11.2. The van der Waals surface area contributed by atoms with Crippen LogP contribution >= 0.6 is 0 Å². The van der Waals surface area contributed by atoms with Gasteiger partial charge in [-0.15, -0.1) is 0 Å². The van der Waals surface area contributed by atoms with E-state index in [9.17, 15) is 0 Å². The van der Waals surface area contributed by atoms with Crippen molar-refractivity contribution in [3.63, 3.8) is 0 Å². The van der Waals surface area contributed by atoms with Crippen molar-refractivity contribution in [2.24, 2.45) is 0 Å². The zero-order valence-electron chi connectivity index (χ0n) is 11.0. The predicted octanol–water partition coefficient (Wildman–Crippen LogP) is 2.37. The van der Waals surface area contributed by atoms with Crippen LogP contribution in [0.15, 0.2) is 0 Å². The number of ether oxygens (including phenoxy) is 2. The molecule has 0 saturated heterocycles. The van der Waals surface area contributed by atoms with E-state index < -0.39 is 0 Å². The molecule has 97 valence electrons. The quantitative estimate of drug-likeness (QED) is 0.480. The van der Waals surface area contributed by atoms with Crippen LogP contribution in [0.3, 0.4) is 0 Å². The molecule has 0 unspecified atom stereocenters. The summed E-state index contributed by atoms with van der Waals surface area (Å²) in [6.45, 7) is 14.5. The number of nitrogens with zero attached hydrogens (tertiary/aromatic N) is 1. The Morgan fingerprint density at radius 3 is 1.69 bits per heavy atom. The molecule has 0 N–H and O–H groups in total. The summed E-state index contributed by atoms with van der Waals surface area (Å²) in [5.74, 6) is 0. The number of hydrogen-bond acceptors (Lipinski definition) is 3. The minimum Gasteiger partial charge on any atom is -0.380 e. The lowest BCUT2D eigenvalue weighted by molar-refractivity contribution is 0.0755.